The fourth-order valence-corrected chi connectivity index (χ4v) is 2.90. The van der Waals surface area contributed by atoms with Gasteiger partial charge < -0.3 is 20.5 Å². The van der Waals surface area contributed by atoms with E-state index in [-0.39, 0.29) is 18.6 Å². The van der Waals surface area contributed by atoms with E-state index in [1.54, 1.807) is 0 Å². The van der Waals surface area contributed by atoms with E-state index in [0.29, 0.717) is 25.6 Å². The van der Waals surface area contributed by atoms with Gasteiger partial charge in [-0.05, 0) is 55.7 Å². The third kappa shape index (κ3) is 6.79. The lowest BCUT2D eigenvalue weighted by molar-refractivity contribution is 0.155. The first-order valence-electron chi connectivity index (χ1n) is 9.05. The first-order chi connectivity index (χ1) is 11.7. The Kier molecular flexibility index (Phi) is 7.89. The van der Waals surface area contributed by atoms with Crippen molar-refractivity contribution in [3.05, 3.63) is 29.8 Å². The summed E-state index contributed by atoms with van der Waals surface area (Å²) in [6.07, 6.45) is 7.20. The summed E-state index contributed by atoms with van der Waals surface area (Å²) in [5, 5.41) is 14.5. The molecule has 1 unspecified atom stereocenters. The zero-order chi connectivity index (χ0) is 17.2. The quantitative estimate of drug-likeness (QED) is 0.683. The molecule has 0 radical (unpaired) electrons. The highest BCUT2D eigenvalue weighted by Gasteiger charge is 2.14. The number of nitrogens with one attached hydrogen (secondary N) is 2. The normalized spacial score (nSPS) is 16.4. The number of rotatable bonds is 8. The largest absolute Gasteiger partial charge is 0.490 e. The maximum Gasteiger partial charge on any atom is 0.315 e. The summed E-state index contributed by atoms with van der Waals surface area (Å²) in [4.78, 5) is 11.7. The summed E-state index contributed by atoms with van der Waals surface area (Å²) in [5.41, 5.74) is 1.05. The second kappa shape index (κ2) is 10.2. The highest BCUT2D eigenvalue weighted by molar-refractivity contribution is 5.73. The van der Waals surface area contributed by atoms with E-state index in [0.717, 1.165) is 24.2 Å². The van der Waals surface area contributed by atoms with Crippen LogP contribution in [0.4, 0.5) is 4.79 Å². The van der Waals surface area contributed by atoms with Crippen molar-refractivity contribution in [3.8, 4) is 5.75 Å². The van der Waals surface area contributed by atoms with Crippen LogP contribution in [0.2, 0.25) is 0 Å². The molecule has 2 rings (SSSR count). The summed E-state index contributed by atoms with van der Waals surface area (Å²) < 4.78 is 6.00. The Labute approximate surface area is 144 Å². The Bertz CT molecular complexity index is 484. The van der Waals surface area contributed by atoms with Gasteiger partial charge >= 0.3 is 6.03 Å². The van der Waals surface area contributed by atoms with Gasteiger partial charge in [0.05, 0.1) is 6.10 Å². The first kappa shape index (κ1) is 18.6. The standard InChI is InChI=1S/C19H30N2O3/c1-15(11-12-22)13-20-19(23)21-14-16-7-9-18(10-8-16)24-17-5-3-2-4-6-17/h7-10,15,17,22H,2-6,11-14H2,1H3,(H2,20,21,23). The van der Waals surface area contributed by atoms with Crippen LogP contribution in [0.25, 0.3) is 0 Å². The van der Waals surface area contributed by atoms with Gasteiger partial charge in [-0.25, -0.2) is 4.79 Å². The summed E-state index contributed by atoms with van der Waals surface area (Å²) in [6, 6.07) is 7.77. The van der Waals surface area contributed by atoms with Gasteiger partial charge in [-0.1, -0.05) is 25.5 Å². The van der Waals surface area contributed by atoms with E-state index >= 15 is 0 Å². The molecule has 1 saturated carbocycles. The number of hydrogen-bond acceptors (Lipinski definition) is 3. The number of carbonyl (C=O) groups excluding carboxylic acids is 1. The molecule has 0 bridgehead atoms. The second-order valence-corrected chi connectivity index (χ2v) is 6.70. The number of ether oxygens (including phenoxy) is 1. The van der Waals surface area contributed by atoms with Gasteiger partial charge in [0.2, 0.25) is 0 Å². The van der Waals surface area contributed by atoms with Gasteiger partial charge in [0.15, 0.2) is 0 Å². The van der Waals surface area contributed by atoms with E-state index in [9.17, 15) is 4.79 Å². The fraction of sp³-hybridized carbons (Fsp3) is 0.632. The summed E-state index contributed by atoms with van der Waals surface area (Å²) in [6.45, 7) is 3.21. The Morgan fingerprint density at radius 3 is 2.58 bits per heavy atom. The van der Waals surface area contributed by atoms with Crippen molar-refractivity contribution < 1.29 is 14.6 Å². The average molecular weight is 334 g/mol. The molecule has 1 aliphatic rings. The van der Waals surface area contributed by atoms with E-state index < -0.39 is 0 Å². The van der Waals surface area contributed by atoms with Gasteiger partial charge in [0.1, 0.15) is 5.75 Å². The molecule has 0 spiro atoms. The van der Waals surface area contributed by atoms with E-state index in [1.165, 1.54) is 19.3 Å². The summed E-state index contributed by atoms with van der Waals surface area (Å²) in [5.74, 6) is 1.19. The van der Waals surface area contributed by atoms with Crippen LogP contribution in [0.5, 0.6) is 5.75 Å². The molecule has 0 aromatic heterocycles. The maximum atomic E-state index is 11.7. The van der Waals surface area contributed by atoms with Crippen molar-refractivity contribution in [3.63, 3.8) is 0 Å². The number of carbonyl (C=O) groups is 1. The SMILES string of the molecule is CC(CCO)CNC(=O)NCc1ccc(OC2CCCCC2)cc1. The summed E-state index contributed by atoms with van der Waals surface area (Å²) in [7, 11) is 0. The number of aliphatic hydroxyl groups is 1. The lowest BCUT2D eigenvalue weighted by Gasteiger charge is -2.23. The van der Waals surface area contributed by atoms with Crippen molar-refractivity contribution in [1.29, 1.82) is 0 Å². The minimum atomic E-state index is -0.178. The van der Waals surface area contributed by atoms with Crippen LogP contribution in [-0.4, -0.2) is 30.4 Å². The summed E-state index contributed by atoms with van der Waals surface area (Å²) >= 11 is 0. The number of amides is 2. The number of urea groups is 1. The number of benzene rings is 1. The highest BCUT2D eigenvalue weighted by atomic mass is 16.5. The molecule has 1 aliphatic carbocycles. The molecule has 3 N–H and O–H groups in total. The van der Waals surface area contributed by atoms with E-state index in [2.05, 4.69) is 10.6 Å². The fourth-order valence-electron chi connectivity index (χ4n) is 2.90. The van der Waals surface area contributed by atoms with Crippen molar-refractivity contribution >= 4 is 6.03 Å². The molecule has 0 saturated heterocycles. The van der Waals surface area contributed by atoms with Crippen LogP contribution < -0.4 is 15.4 Å². The minimum absolute atomic E-state index is 0.153. The Morgan fingerprint density at radius 1 is 1.21 bits per heavy atom. The molecule has 1 fully saturated rings. The number of hydrogen-bond donors (Lipinski definition) is 3. The zero-order valence-electron chi connectivity index (χ0n) is 14.6. The third-order valence-electron chi connectivity index (χ3n) is 4.46. The molecule has 1 aromatic rings. The Morgan fingerprint density at radius 2 is 1.92 bits per heavy atom. The van der Waals surface area contributed by atoms with Crippen LogP contribution in [0.15, 0.2) is 24.3 Å². The second-order valence-electron chi connectivity index (χ2n) is 6.70. The van der Waals surface area contributed by atoms with E-state index in [4.69, 9.17) is 9.84 Å². The van der Waals surface area contributed by atoms with Crippen LogP contribution in [0.3, 0.4) is 0 Å². The molecule has 1 atom stereocenters. The topological polar surface area (TPSA) is 70.6 Å². The third-order valence-corrected chi connectivity index (χ3v) is 4.46. The molecule has 0 heterocycles. The molecule has 0 aliphatic heterocycles. The van der Waals surface area contributed by atoms with Crippen molar-refractivity contribution in [1.82, 2.24) is 10.6 Å². The molecule has 5 heteroatoms. The van der Waals surface area contributed by atoms with Crippen LogP contribution in [0, 0.1) is 5.92 Å². The van der Waals surface area contributed by atoms with Crippen molar-refractivity contribution in [2.75, 3.05) is 13.2 Å². The van der Waals surface area contributed by atoms with Gasteiger partial charge in [-0.2, -0.15) is 0 Å². The predicted molar refractivity (Wildman–Crippen MR) is 95.0 cm³/mol. The highest BCUT2D eigenvalue weighted by Crippen LogP contribution is 2.23. The monoisotopic (exact) mass is 334 g/mol. The van der Waals surface area contributed by atoms with Gasteiger partial charge in [-0.3, -0.25) is 0 Å². The molecule has 24 heavy (non-hydrogen) atoms. The lowest BCUT2D eigenvalue weighted by Crippen LogP contribution is -2.37. The Hall–Kier alpha value is -1.75. The Balaban J connectivity index is 1.68. The number of aliphatic hydroxyl groups excluding tert-OH is 1. The smallest absolute Gasteiger partial charge is 0.315 e. The molecule has 5 nitrogen and oxygen atoms in total. The predicted octanol–water partition coefficient (Wildman–Crippen LogP) is 3.22. The van der Waals surface area contributed by atoms with Crippen LogP contribution >= 0.6 is 0 Å². The van der Waals surface area contributed by atoms with Crippen LogP contribution in [0.1, 0.15) is 51.0 Å². The molecule has 134 valence electrons. The first-order valence-corrected chi connectivity index (χ1v) is 9.05. The van der Waals surface area contributed by atoms with Crippen LogP contribution in [-0.2, 0) is 6.54 Å². The van der Waals surface area contributed by atoms with E-state index in [1.807, 2.05) is 31.2 Å². The van der Waals surface area contributed by atoms with Crippen molar-refractivity contribution in [2.45, 2.75) is 58.1 Å². The molecule has 2 amide bonds. The molecular weight excluding hydrogens is 304 g/mol. The molecular formula is C19H30N2O3. The molecule has 1 aromatic carbocycles. The minimum Gasteiger partial charge on any atom is -0.490 e. The maximum absolute atomic E-state index is 11.7. The average Bonchev–Trinajstić information content (AvgIpc) is 2.60. The van der Waals surface area contributed by atoms with Gasteiger partial charge in [-0.15, -0.1) is 0 Å². The van der Waals surface area contributed by atoms with Gasteiger partial charge in [0, 0.05) is 19.7 Å². The van der Waals surface area contributed by atoms with Crippen molar-refractivity contribution in [2.24, 2.45) is 5.92 Å². The van der Waals surface area contributed by atoms with Gasteiger partial charge in [0.25, 0.3) is 0 Å². The zero-order valence-corrected chi connectivity index (χ0v) is 14.6. The lowest BCUT2D eigenvalue weighted by atomic mass is 9.98.